The number of H-pyrrole nitrogens is 1. The summed E-state index contributed by atoms with van der Waals surface area (Å²) in [5.74, 6) is 0.833. The molecule has 0 radical (unpaired) electrons. The van der Waals surface area contributed by atoms with E-state index in [9.17, 15) is 9.59 Å². The third-order valence-electron chi connectivity index (χ3n) is 3.32. The van der Waals surface area contributed by atoms with Crippen molar-refractivity contribution in [1.29, 1.82) is 0 Å². The second-order valence-electron chi connectivity index (χ2n) is 4.72. The van der Waals surface area contributed by atoms with Crippen molar-refractivity contribution in [2.45, 2.75) is 13.0 Å². The third-order valence-corrected chi connectivity index (χ3v) is 3.32. The van der Waals surface area contributed by atoms with Crippen LogP contribution in [-0.4, -0.2) is 25.1 Å². The quantitative estimate of drug-likeness (QED) is 0.883. The van der Waals surface area contributed by atoms with Gasteiger partial charge in [0.1, 0.15) is 17.1 Å². The summed E-state index contributed by atoms with van der Waals surface area (Å²) >= 11 is 0. The lowest BCUT2D eigenvalue weighted by Crippen LogP contribution is -2.31. The van der Waals surface area contributed by atoms with Gasteiger partial charge in [0.2, 0.25) is 0 Å². The van der Waals surface area contributed by atoms with Crippen LogP contribution in [0, 0.1) is 0 Å². The number of benzene rings is 1. The number of hydrogen-bond acceptors (Lipinski definition) is 4. The van der Waals surface area contributed by atoms with Gasteiger partial charge >= 0.3 is 0 Å². The van der Waals surface area contributed by atoms with Gasteiger partial charge in [-0.2, -0.15) is 0 Å². The first kappa shape index (κ1) is 15.6. The number of rotatable bonds is 5. The molecule has 2 aromatic rings. The Morgan fingerprint density at radius 3 is 2.64 bits per heavy atom. The van der Waals surface area contributed by atoms with Crippen molar-refractivity contribution in [2.24, 2.45) is 0 Å². The van der Waals surface area contributed by atoms with E-state index in [-0.39, 0.29) is 11.6 Å². The van der Waals surface area contributed by atoms with Gasteiger partial charge in [-0.1, -0.05) is 0 Å². The molecule has 1 amide bonds. The number of aromatic amines is 1. The molecule has 0 aliphatic rings. The lowest BCUT2D eigenvalue weighted by Gasteiger charge is -2.18. The van der Waals surface area contributed by atoms with Gasteiger partial charge in [-0.15, -0.1) is 0 Å². The van der Waals surface area contributed by atoms with Crippen LogP contribution in [0.25, 0.3) is 0 Å². The molecule has 2 rings (SSSR count). The van der Waals surface area contributed by atoms with E-state index in [2.05, 4.69) is 10.3 Å². The van der Waals surface area contributed by atoms with Gasteiger partial charge in [-0.05, 0) is 31.2 Å². The summed E-state index contributed by atoms with van der Waals surface area (Å²) in [4.78, 5) is 26.3. The molecular formula is C16H18N2O4. The van der Waals surface area contributed by atoms with Gasteiger partial charge in [-0.3, -0.25) is 9.59 Å². The summed E-state index contributed by atoms with van der Waals surface area (Å²) < 4.78 is 10.5. The largest absolute Gasteiger partial charge is 0.497 e. The van der Waals surface area contributed by atoms with Crippen molar-refractivity contribution < 1.29 is 14.3 Å². The van der Waals surface area contributed by atoms with Crippen LogP contribution in [0.15, 0.2) is 41.3 Å². The first-order valence-corrected chi connectivity index (χ1v) is 6.77. The van der Waals surface area contributed by atoms with Crippen LogP contribution >= 0.6 is 0 Å². The van der Waals surface area contributed by atoms with Crippen molar-refractivity contribution in [3.05, 3.63) is 58.0 Å². The lowest BCUT2D eigenvalue weighted by atomic mass is 10.1. The van der Waals surface area contributed by atoms with Crippen LogP contribution in [0.4, 0.5) is 0 Å². The molecular weight excluding hydrogens is 284 g/mol. The third kappa shape index (κ3) is 3.28. The van der Waals surface area contributed by atoms with Crippen LogP contribution in [-0.2, 0) is 0 Å². The van der Waals surface area contributed by atoms with E-state index in [1.54, 1.807) is 32.4 Å². The number of carbonyl (C=O) groups is 1. The van der Waals surface area contributed by atoms with Crippen molar-refractivity contribution in [3.8, 4) is 11.5 Å². The highest BCUT2D eigenvalue weighted by molar-refractivity contribution is 5.94. The second-order valence-corrected chi connectivity index (χ2v) is 4.72. The molecule has 2 N–H and O–H groups in total. The Hall–Kier alpha value is -2.76. The Labute approximate surface area is 128 Å². The molecule has 0 aliphatic heterocycles. The minimum absolute atomic E-state index is 0.0711. The van der Waals surface area contributed by atoms with E-state index in [1.165, 1.54) is 12.3 Å². The fourth-order valence-electron chi connectivity index (χ4n) is 2.13. The number of amides is 1. The number of hydrogen-bond donors (Lipinski definition) is 2. The average Bonchev–Trinajstić information content (AvgIpc) is 2.54. The van der Waals surface area contributed by atoms with Crippen LogP contribution in [0.2, 0.25) is 0 Å². The van der Waals surface area contributed by atoms with Gasteiger partial charge in [0.25, 0.3) is 11.5 Å². The summed E-state index contributed by atoms with van der Waals surface area (Å²) in [7, 11) is 3.12. The molecule has 6 nitrogen and oxygen atoms in total. The zero-order valence-corrected chi connectivity index (χ0v) is 12.7. The van der Waals surface area contributed by atoms with Crippen LogP contribution in [0.3, 0.4) is 0 Å². The molecule has 6 heteroatoms. The molecule has 0 saturated heterocycles. The molecule has 22 heavy (non-hydrogen) atoms. The average molecular weight is 302 g/mol. The lowest BCUT2D eigenvalue weighted by molar-refractivity contribution is 0.0938. The maximum Gasteiger partial charge on any atom is 0.260 e. The standard InChI is InChI=1S/C16H18N2O4/c1-10(12-7-6-11(21-2)9-14(12)22-3)18-16(20)13-5-4-8-17-15(13)19/h4-10H,1-3H3,(H,17,19)(H,18,20). The van der Waals surface area contributed by atoms with Crippen LogP contribution in [0.1, 0.15) is 28.9 Å². The Kier molecular flexibility index (Phi) is 4.83. The fraction of sp³-hybridized carbons (Fsp3) is 0.250. The van der Waals surface area contributed by atoms with Gasteiger partial charge in [0.05, 0.1) is 20.3 Å². The van der Waals surface area contributed by atoms with E-state index in [1.807, 2.05) is 13.0 Å². The molecule has 1 aromatic carbocycles. The number of ether oxygens (including phenoxy) is 2. The van der Waals surface area contributed by atoms with E-state index in [0.29, 0.717) is 11.5 Å². The van der Waals surface area contributed by atoms with E-state index >= 15 is 0 Å². The topological polar surface area (TPSA) is 80.4 Å². The van der Waals surface area contributed by atoms with Crippen LogP contribution in [0.5, 0.6) is 11.5 Å². The number of aromatic nitrogens is 1. The molecule has 0 bridgehead atoms. The molecule has 1 aromatic heterocycles. The highest BCUT2D eigenvalue weighted by atomic mass is 16.5. The molecule has 1 atom stereocenters. The molecule has 0 saturated carbocycles. The summed E-state index contributed by atoms with van der Waals surface area (Å²) in [6.07, 6.45) is 1.48. The minimum Gasteiger partial charge on any atom is -0.497 e. The van der Waals surface area contributed by atoms with E-state index in [0.717, 1.165) is 5.56 Å². The SMILES string of the molecule is COc1ccc(C(C)NC(=O)c2ccc[nH]c2=O)c(OC)c1. The Morgan fingerprint density at radius 2 is 2.00 bits per heavy atom. The zero-order chi connectivity index (χ0) is 16.1. The van der Waals surface area contributed by atoms with E-state index < -0.39 is 11.5 Å². The maximum atomic E-state index is 12.2. The first-order valence-electron chi connectivity index (χ1n) is 6.77. The second kappa shape index (κ2) is 6.80. The number of carbonyl (C=O) groups excluding carboxylic acids is 1. The molecule has 1 heterocycles. The van der Waals surface area contributed by atoms with Crippen LogP contribution < -0.4 is 20.3 Å². The summed E-state index contributed by atoms with van der Waals surface area (Å²) in [6.45, 7) is 1.82. The molecule has 0 spiro atoms. The normalized spacial score (nSPS) is 11.6. The highest BCUT2D eigenvalue weighted by Crippen LogP contribution is 2.29. The van der Waals surface area contributed by atoms with E-state index in [4.69, 9.17) is 9.47 Å². The molecule has 0 aliphatic carbocycles. The zero-order valence-electron chi connectivity index (χ0n) is 12.7. The molecule has 0 fully saturated rings. The summed E-state index contributed by atoms with van der Waals surface area (Å²) in [5.41, 5.74) is 0.444. The molecule has 1 unspecified atom stereocenters. The number of methoxy groups -OCH3 is 2. The smallest absolute Gasteiger partial charge is 0.260 e. The number of pyridine rings is 1. The Morgan fingerprint density at radius 1 is 1.23 bits per heavy atom. The maximum absolute atomic E-state index is 12.2. The van der Waals surface area contributed by atoms with Gasteiger partial charge in [0, 0.05) is 17.8 Å². The van der Waals surface area contributed by atoms with Crippen molar-refractivity contribution in [1.82, 2.24) is 10.3 Å². The fourth-order valence-corrected chi connectivity index (χ4v) is 2.13. The van der Waals surface area contributed by atoms with Gasteiger partial charge in [-0.25, -0.2) is 0 Å². The predicted octanol–water partition coefficient (Wildman–Crippen LogP) is 1.88. The highest BCUT2D eigenvalue weighted by Gasteiger charge is 2.17. The van der Waals surface area contributed by atoms with Crippen molar-refractivity contribution in [3.63, 3.8) is 0 Å². The van der Waals surface area contributed by atoms with Crippen molar-refractivity contribution >= 4 is 5.91 Å². The Bertz CT molecular complexity index is 724. The Balaban J connectivity index is 2.22. The minimum atomic E-state index is -0.438. The first-order chi connectivity index (χ1) is 10.6. The predicted molar refractivity (Wildman–Crippen MR) is 82.5 cm³/mol. The summed E-state index contributed by atoms with van der Waals surface area (Å²) in [5, 5.41) is 2.79. The van der Waals surface area contributed by atoms with Crippen molar-refractivity contribution in [2.75, 3.05) is 14.2 Å². The molecule has 116 valence electrons. The number of nitrogens with one attached hydrogen (secondary N) is 2. The summed E-state index contributed by atoms with van der Waals surface area (Å²) in [6, 6.07) is 8.11. The van der Waals surface area contributed by atoms with Gasteiger partial charge < -0.3 is 19.8 Å². The monoisotopic (exact) mass is 302 g/mol. The van der Waals surface area contributed by atoms with Gasteiger partial charge in [0.15, 0.2) is 0 Å².